The van der Waals surface area contributed by atoms with Crippen LogP contribution in [0.3, 0.4) is 0 Å². The molecule has 1 atom stereocenters. The number of likely N-dealkylation sites (N-methyl/N-ethyl adjacent to an activating group) is 1. The molecule has 0 aromatic heterocycles. The summed E-state index contributed by atoms with van der Waals surface area (Å²) in [6.07, 6.45) is 1.62. The van der Waals surface area contributed by atoms with Crippen molar-refractivity contribution in [2.24, 2.45) is 0 Å². The Morgan fingerprint density at radius 1 is 1.10 bits per heavy atom. The number of nitrogens with zero attached hydrogens (tertiary/aromatic N) is 4. The number of nitro benzene ring substituents is 1. The third-order valence-corrected chi connectivity index (χ3v) is 6.06. The van der Waals surface area contributed by atoms with E-state index in [9.17, 15) is 19.7 Å². The highest BCUT2D eigenvalue weighted by atomic mass is 16.6. The summed E-state index contributed by atoms with van der Waals surface area (Å²) in [6.45, 7) is 6.90. The van der Waals surface area contributed by atoms with Gasteiger partial charge in [0.1, 0.15) is 5.70 Å². The molecule has 4 rings (SSSR count). The van der Waals surface area contributed by atoms with Crippen LogP contribution in [0.1, 0.15) is 25.3 Å². The van der Waals surface area contributed by atoms with Crippen molar-refractivity contribution in [3.8, 4) is 0 Å². The van der Waals surface area contributed by atoms with Gasteiger partial charge in [0.2, 0.25) is 0 Å². The number of carbonyl (C=O) groups excluding carboxylic acids is 2. The van der Waals surface area contributed by atoms with Crippen LogP contribution in [0.4, 0.5) is 5.69 Å². The average molecular weight is 414 g/mol. The van der Waals surface area contributed by atoms with Crippen molar-refractivity contribution in [3.05, 3.63) is 45.6 Å². The Morgan fingerprint density at radius 3 is 2.37 bits per heavy atom. The zero-order valence-corrected chi connectivity index (χ0v) is 17.1. The van der Waals surface area contributed by atoms with Gasteiger partial charge in [-0.3, -0.25) is 24.6 Å². The second-order valence-electron chi connectivity index (χ2n) is 7.80. The normalized spacial score (nSPS) is 23.0. The molecule has 3 aliphatic rings. The van der Waals surface area contributed by atoms with Crippen LogP contribution < -0.4 is 0 Å². The molecule has 0 spiro atoms. The molecular formula is C21H26N4O5. The number of rotatable bonds is 6. The zero-order chi connectivity index (χ0) is 21.3. The molecule has 1 aromatic rings. The second-order valence-corrected chi connectivity index (χ2v) is 7.80. The molecule has 0 aliphatic carbocycles. The van der Waals surface area contributed by atoms with Crippen LogP contribution in [0.5, 0.6) is 0 Å². The minimum absolute atomic E-state index is 0.0505. The number of hydrogen-bond donors (Lipinski definition) is 0. The molecule has 2 amide bonds. The van der Waals surface area contributed by atoms with E-state index >= 15 is 0 Å². The maximum Gasteiger partial charge on any atom is 0.277 e. The number of ether oxygens (including phenoxy) is 1. The molecule has 0 N–H and O–H groups in total. The molecule has 0 radical (unpaired) electrons. The molecular weight excluding hydrogens is 388 g/mol. The van der Waals surface area contributed by atoms with Crippen molar-refractivity contribution in [1.29, 1.82) is 0 Å². The second kappa shape index (κ2) is 8.53. The molecule has 30 heavy (non-hydrogen) atoms. The highest BCUT2D eigenvalue weighted by Crippen LogP contribution is 2.33. The number of imide groups is 1. The summed E-state index contributed by atoms with van der Waals surface area (Å²) in [7, 11) is 0. The molecule has 9 nitrogen and oxygen atoms in total. The molecule has 0 saturated carbocycles. The van der Waals surface area contributed by atoms with E-state index in [0.717, 1.165) is 32.5 Å². The Hall–Kier alpha value is -2.78. The topological polar surface area (TPSA) is 96.2 Å². The van der Waals surface area contributed by atoms with Crippen LogP contribution in [-0.2, 0) is 14.3 Å². The lowest BCUT2D eigenvalue weighted by Crippen LogP contribution is -2.47. The lowest BCUT2D eigenvalue weighted by Gasteiger charge is -2.36. The number of hydrogen-bond acceptors (Lipinski definition) is 7. The molecule has 3 heterocycles. The van der Waals surface area contributed by atoms with Crippen molar-refractivity contribution >= 4 is 23.1 Å². The van der Waals surface area contributed by atoms with Crippen molar-refractivity contribution in [2.45, 2.75) is 25.9 Å². The lowest BCUT2D eigenvalue weighted by atomic mass is 10.0. The summed E-state index contributed by atoms with van der Waals surface area (Å²) in [5.41, 5.74) is 1.22. The predicted octanol–water partition coefficient (Wildman–Crippen LogP) is 1.49. The van der Waals surface area contributed by atoms with Crippen LogP contribution >= 0.6 is 0 Å². The highest BCUT2D eigenvalue weighted by molar-refractivity contribution is 6.35. The van der Waals surface area contributed by atoms with Crippen LogP contribution in [0.15, 0.2) is 30.0 Å². The Bertz CT molecular complexity index is 868. The Labute approximate surface area is 175 Å². The predicted molar refractivity (Wildman–Crippen MR) is 109 cm³/mol. The maximum atomic E-state index is 13.3. The molecule has 1 unspecified atom stereocenters. The standard InChI is InChI=1S/C21H26N4O5/c1-2-22-9-11-23(12-10-22)19-18(15-5-7-16(8-6-15)25(28)29)20(26)24(21(19)27)14-17-4-3-13-30-17/h5-8,17H,2-4,9-14H2,1H3. The van der Waals surface area contributed by atoms with E-state index in [1.165, 1.54) is 17.0 Å². The number of nitro groups is 1. The largest absolute Gasteiger partial charge is 0.376 e. The van der Waals surface area contributed by atoms with Gasteiger partial charge in [0, 0.05) is 44.9 Å². The van der Waals surface area contributed by atoms with E-state index < -0.39 is 4.92 Å². The van der Waals surface area contributed by atoms with E-state index in [0.29, 0.717) is 36.5 Å². The van der Waals surface area contributed by atoms with Gasteiger partial charge in [-0.2, -0.15) is 0 Å². The van der Waals surface area contributed by atoms with E-state index in [1.54, 1.807) is 12.1 Å². The Balaban J connectivity index is 1.67. The number of piperazine rings is 1. The fourth-order valence-corrected chi connectivity index (χ4v) is 4.31. The van der Waals surface area contributed by atoms with E-state index in [1.807, 2.05) is 4.90 Å². The number of amides is 2. The SMILES string of the molecule is CCN1CCN(C2=C(c3ccc([N+](=O)[O-])cc3)C(=O)N(CC3CCCO3)C2=O)CC1. The summed E-state index contributed by atoms with van der Waals surface area (Å²) in [4.78, 5) is 42.8. The number of non-ortho nitro benzene ring substituents is 1. The van der Waals surface area contributed by atoms with Crippen LogP contribution in [-0.4, -0.2) is 83.4 Å². The fourth-order valence-electron chi connectivity index (χ4n) is 4.31. The van der Waals surface area contributed by atoms with Crippen molar-refractivity contribution in [1.82, 2.24) is 14.7 Å². The summed E-state index contributed by atoms with van der Waals surface area (Å²) in [5, 5.41) is 11.0. The highest BCUT2D eigenvalue weighted by Gasteiger charge is 2.43. The Kier molecular flexibility index (Phi) is 5.83. The molecule has 0 bridgehead atoms. The molecule has 160 valence electrons. The molecule has 3 aliphatic heterocycles. The third kappa shape index (κ3) is 3.82. The first kappa shape index (κ1) is 20.5. The van der Waals surface area contributed by atoms with Crippen molar-refractivity contribution in [2.75, 3.05) is 45.9 Å². The third-order valence-electron chi connectivity index (χ3n) is 6.06. The first-order chi connectivity index (χ1) is 14.5. The van der Waals surface area contributed by atoms with Gasteiger partial charge in [-0.1, -0.05) is 6.92 Å². The number of carbonyl (C=O) groups is 2. The zero-order valence-electron chi connectivity index (χ0n) is 17.1. The molecule has 1 aromatic carbocycles. The molecule has 9 heteroatoms. The molecule has 2 saturated heterocycles. The van der Waals surface area contributed by atoms with Gasteiger partial charge in [0.15, 0.2) is 0 Å². The fraction of sp³-hybridized carbons (Fsp3) is 0.524. The van der Waals surface area contributed by atoms with Gasteiger partial charge in [-0.15, -0.1) is 0 Å². The van der Waals surface area contributed by atoms with Crippen molar-refractivity contribution < 1.29 is 19.2 Å². The van der Waals surface area contributed by atoms with E-state index in [-0.39, 0.29) is 30.2 Å². The van der Waals surface area contributed by atoms with Crippen molar-refractivity contribution in [3.63, 3.8) is 0 Å². The monoisotopic (exact) mass is 414 g/mol. The quantitative estimate of drug-likeness (QED) is 0.395. The van der Waals surface area contributed by atoms with Gasteiger partial charge >= 0.3 is 0 Å². The van der Waals surface area contributed by atoms with Crippen LogP contribution in [0.2, 0.25) is 0 Å². The maximum absolute atomic E-state index is 13.3. The van der Waals surface area contributed by atoms with E-state index in [2.05, 4.69) is 11.8 Å². The number of benzene rings is 1. The van der Waals surface area contributed by atoms with E-state index in [4.69, 9.17) is 4.74 Å². The van der Waals surface area contributed by atoms with Gasteiger partial charge in [-0.25, -0.2) is 0 Å². The van der Waals surface area contributed by atoms with Crippen LogP contribution in [0, 0.1) is 10.1 Å². The van der Waals surface area contributed by atoms with Crippen LogP contribution in [0.25, 0.3) is 5.57 Å². The smallest absolute Gasteiger partial charge is 0.277 e. The summed E-state index contributed by atoms with van der Waals surface area (Å²) in [5.74, 6) is -0.647. The van der Waals surface area contributed by atoms with Gasteiger partial charge in [0.25, 0.3) is 17.5 Å². The van der Waals surface area contributed by atoms with Gasteiger partial charge in [0.05, 0.1) is 23.1 Å². The minimum Gasteiger partial charge on any atom is -0.376 e. The average Bonchev–Trinajstić information content (AvgIpc) is 3.36. The summed E-state index contributed by atoms with van der Waals surface area (Å²) < 4.78 is 5.64. The van der Waals surface area contributed by atoms with Gasteiger partial charge < -0.3 is 14.5 Å². The van der Waals surface area contributed by atoms with Gasteiger partial charge in [-0.05, 0) is 37.1 Å². The first-order valence-electron chi connectivity index (χ1n) is 10.4. The summed E-state index contributed by atoms with van der Waals surface area (Å²) >= 11 is 0. The Morgan fingerprint density at radius 2 is 1.80 bits per heavy atom. The first-order valence-corrected chi connectivity index (χ1v) is 10.4. The molecule has 2 fully saturated rings. The minimum atomic E-state index is -0.478. The summed E-state index contributed by atoms with van der Waals surface area (Å²) in [6, 6.07) is 5.85. The lowest BCUT2D eigenvalue weighted by molar-refractivity contribution is -0.384.